The van der Waals surface area contributed by atoms with Gasteiger partial charge >= 0.3 is 0 Å². The van der Waals surface area contributed by atoms with Crippen LogP contribution in [0.5, 0.6) is 11.5 Å². The van der Waals surface area contributed by atoms with Gasteiger partial charge in [-0.3, -0.25) is 0 Å². The predicted octanol–water partition coefficient (Wildman–Crippen LogP) is 3.50. The first-order chi connectivity index (χ1) is 8.31. The Kier molecular flexibility index (Phi) is 13.2. The molecule has 0 unspecified atom stereocenters. The first-order valence-electron chi connectivity index (χ1n) is 5.96. The summed E-state index contributed by atoms with van der Waals surface area (Å²) in [6.45, 7) is 8.00. The van der Waals surface area contributed by atoms with Crippen LogP contribution in [0.25, 0.3) is 0 Å². The minimum Gasteiger partial charge on any atom is -0.493 e. The standard InChI is InChI=1S/C10H12O3.2C2H6/c1-12-9-4-3-8(5-6-11)7-10(9)13-2;2*1-2/h3-4,6-7H,5H2,1-2H3;2*1-2H3. The zero-order valence-electron chi connectivity index (χ0n) is 11.7. The number of carbonyl (C=O) groups is 1. The lowest BCUT2D eigenvalue weighted by Crippen LogP contribution is -1.93. The van der Waals surface area contributed by atoms with Gasteiger partial charge in [-0.15, -0.1) is 0 Å². The minimum absolute atomic E-state index is 0.403. The van der Waals surface area contributed by atoms with Crippen LogP contribution in [0.3, 0.4) is 0 Å². The van der Waals surface area contributed by atoms with Crippen LogP contribution in [0.1, 0.15) is 33.3 Å². The highest BCUT2D eigenvalue weighted by Gasteiger charge is 2.03. The third kappa shape index (κ3) is 6.61. The third-order valence-electron chi connectivity index (χ3n) is 1.77. The molecule has 1 aromatic carbocycles. The van der Waals surface area contributed by atoms with Gasteiger partial charge in [-0.1, -0.05) is 33.8 Å². The molecule has 3 nitrogen and oxygen atoms in total. The molecule has 0 heterocycles. The van der Waals surface area contributed by atoms with Crippen molar-refractivity contribution in [3.05, 3.63) is 23.8 Å². The molecule has 0 spiro atoms. The molecule has 0 aliphatic rings. The lowest BCUT2D eigenvalue weighted by Gasteiger charge is -2.07. The van der Waals surface area contributed by atoms with Crippen LogP contribution in [0.2, 0.25) is 0 Å². The second-order valence-corrected chi connectivity index (χ2v) is 2.56. The highest BCUT2D eigenvalue weighted by atomic mass is 16.5. The molecule has 0 saturated heterocycles. The van der Waals surface area contributed by atoms with Gasteiger partial charge < -0.3 is 14.3 Å². The number of aldehydes is 1. The van der Waals surface area contributed by atoms with E-state index in [0.29, 0.717) is 17.9 Å². The SMILES string of the molecule is CC.CC.COc1ccc(CC=O)cc1OC. The van der Waals surface area contributed by atoms with E-state index in [1.54, 1.807) is 26.4 Å². The Bertz CT molecular complexity index is 296. The Balaban J connectivity index is 0. The summed E-state index contributed by atoms with van der Waals surface area (Å²) < 4.78 is 10.1. The maximum absolute atomic E-state index is 10.3. The number of methoxy groups -OCH3 is 2. The van der Waals surface area contributed by atoms with E-state index in [4.69, 9.17) is 9.47 Å². The molecule has 0 atom stereocenters. The fourth-order valence-corrected chi connectivity index (χ4v) is 1.10. The fourth-order valence-electron chi connectivity index (χ4n) is 1.10. The summed E-state index contributed by atoms with van der Waals surface area (Å²) in [5, 5.41) is 0. The minimum atomic E-state index is 0.403. The first kappa shape index (κ1) is 17.9. The average Bonchev–Trinajstić information content (AvgIpc) is 2.43. The van der Waals surface area contributed by atoms with E-state index in [2.05, 4.69) is 0 Å². The van der Waals surface area contributed by atoms with Crippen LogP contribution in [-0.4, -0.2) is 20.5 Å². The number of carbonyl (C=O) groups excluding carboxylic acids is 1. The zero-order chi connectivity index (χ0) is 13.7. The van der Waals surface area contributed by atoms with Gasteiger partial charge in [0.1, 0.15) is 6.29 Å². The summed E-state index contributed by atoms with van der Waals surface area (Å²) in [5.41, 5.74) is 0.924. The Morgan fingerprint density at radius 1 is 1.00 bits per heavy atom. The molecule has 0 fully saturated rings. The molecule has 0 amide bonds. The van der Waals surface area contributed by atoms with Crippen LogP contribution < -0.4 is 9.47 Å². The van der Waals surface area contributed by atoms with Crippen molar-refractivity contribution in [1.29, 1.82) is 0 Å². The highest BCUT2D eigenvalue weighted by molar-refractivity contribution is 5.56. The molecular weight excluding hydrogens is 216 g/mol. The molecule has 1 aromatic rings. The molecular formula is C14H24O3. The molecule has 0 bridgehead atoms. The van der Waals surface area contributed by atoms with E-state index in [1.807, 2.05) is 33.8 Å². The molecule has 98 valence electrons. The van der Waals surface area contributed by atoms with E-state index < -0.39 is 0 Å². The zero-order valence-corrected chi connectivity index (χ0v) is 11.7. The van der Waals surface area contributed by atoms with Gasteiger partial charge in [0.05, 0.1) is 14.2 Å². The third-order valence-corrected chi connectivity index (χ3v) is 1.77. The van der Waals surface area contributed by atoms with E-state index in [-0.39, 0.29) is 0 Å². The van der Waals surface area contributed by atoms with E-state index >= 15 is 0 Å². The highest BCUT2D eigenvalue weighted by Crippen LogP contribution is 2.27. The van der Waals surface area contributed by atoms with Gasteiger partial charge in [0, 0.05) is 6.42 Å². The van der Waals surface area contributed by atoms with Crippen molar-refractivity contribution >= 4 is 6.29 Å². The van der Waals surface area contributed by atoms with Crippen LogP contribution in [-0.2, 0) is 11.2 Å². The van der Waals surface area contributed by atoms with E-state index in [1.165, 1.54) is 0 Å². The first-order valence-corrected chi connectivity index (χ1v) is 5.96. The van der Waals surface area contributed by atoms with Crippen LogP contribution in [0, 0.1) is 0 Å². The summed E-state index contributed by atoms with van der Waals surface area (Å²) in [4.78, 5) is 10.3. The molecule has 0 aliphatic carbocycles. The van der Waals surface area contributed by atoms with Crippen molar-refractivity contribution in [1.82, 2.24) is 0 Å². The molecule has 0 aromatic heterocycles. The van der Waals surface area contributed by atoms with Crippen molar-refractivity contribution in [3.8, 4) is 11.5 Å². The van der Waals surface area contributed by atoms with Gasteiger partial charge in [0.25, 0.3) is 0 Å². The molecule has 0 N–H and O–H groups in total. The number of rotatable bonds is 4. The summed E-state index contributed by atoms with van der Waals surface area (Å²) >= 11 is 0. The number of ether oxygens (including phenoxy) is 2. The topological polar surface area (TPSA) is 35.5 Å². The quantitative estimate of drug-likeness (QED) is 0.756. The summed E-state index contributed by atoms with van der Waals surface area (Å²) in [7, 11) is 3.15. The maximum atomic E-state index is 10.3. The second-order valence-electron chi connectivity index (χ2n) is 2.56. The van der Waals surface area contributed by atoms with Gasteiger partial charge in [0.15, 0.2) is 11.5 Å². The van der Waals surface area contributed by atoms with Crippen molar-refractivity contribution in [2.24, 2.45) is 0 Å². The van der Waals surface area contributed by atoms with Gasteiger partial charge in [-0.25, -0.2) is 0 Å². The average molecular weight is 240 g/mol. The lowest BCUT2D eigenvalue weighted by atomic mass is 10.1. The molecule has 17 heavy (non-hydrogen) atoms. The van der Waals surface area contributed by atoms with Gasteiger partial charge in [-0.05, 0) is 17.7 Å². The number of benzene rings is 1. The molecule has 0 radical (unpaired) electrons. The summed E-state index contributed by atoms with van der Waals surface area (Å²) in [6.07, 6.45) is 1.27. The van der Waals surface area contributed by atoms with Gasteiger partial charge in [-0.2, -0.15) is 0 Å². The smallest absolute Gasteiger partial charge is 0.161 e. The molecule has 0 aliphatic heterocycles. The van der Waals surface area contributed by atoms with Crippen molar-refractivity contribution in [3.63, 3.8) is 0 Å². The van der Waals surface area contributed by atoms with E-state index in [9.17, 15) is 4.79 Å². The normalized spacial score (nSPS) is 7.88. The van der Waals surface area contributed by atoms with Crippen LogP contribution in [0.4, 0.5) is 0 Å². The van der Waals surface area contributed by atoms with Crippen molar-refractivity contribution < 1.29 is 14.3 Å². The van der Waals surface area contributed by atoms with Crippen molar-refractivity contribution in [2.45, 2.75) is 34.1 Å². The number of hydrogen-bond acceptors (Lipinski definition) is 3. The van der Waals surface area contributed by atoms with Gasteiger partial charge in [0.2, 0.25) is 0 Å². The largest absolute Gasteiger partial charge is 0.493 e. The lowest BCUT2D eigenvalue weighted by molar-refractivity contribution is -0.107. The maximum Gasteiger partial charge on any atom is 0.161 e. The van der Waals surface area contributed by atoms with Crippen LogP contribution in [0.15, 0.2) is 18.2 Å². The molecule has 1 rings (SSSR count). The Hall–Kier alpha value is -1.51. The van der Waals surface area contributed by atoms with Crippen LogP contribution >= 0.6 is 0 Å². The Labute approximate surface area is 105 Å². The monoisotopic (exact) mass is 240 g/mol. The molecule has 3 heteroatoms. The van der Waals surface area contributed by atoms with E-state index in [0.717, 1.165) is 11.8 Å². The molecule has 0 saturated carbocycles. The Morgan fingerprint density at radius 3 is 1.94 bits per heavy atom. The predicted molar refractivity (Wildman–Crippen MR) is 72.0 cm³/mol. The fraction of sp³-hybridized carbons (Fsp3) is 0.500. The summed E-state index contributed by atoms with van der Waals surface area (Å²) in [5.74, 6) is 1.33. The summed E-state index contributed by atoms with van der Waals surface area (Å²) in [6, 6.07) is 5.43. The second kappa shape index (κ2) is 12.6. The Morgan fingerprint density at radius 2 is 1.53 bits per heavy atom. The number of hydrogen-bond donors (Lipinski definition) is 0. The van der Waals surface area contributed by atoms with Crippen molar-refractivity contribution in [2.75, 3.05) is 14.2 Å².